The summed E-state index contributed by atoms with van der Waals surface area (Å²) < 4.78 is 67.4. The van der Waals surface area contributed by atoms with Crippen molar-refractivity contribution in [3.8, 4) is 28.5 Å². The molecule has 0 radical (unpaired) electrons. The summed E-state index contributed by atoms with van der Waals surface area (Å²) in [5, 5.41) is 2.78. The van der Waals surface area contributed by atoms with Gasteiger partial charge in [-0.1, -0.05) is 0 Å². The summed E-state index contributed by atoms with van der Waals surface area (Å²) in [4.78, 5) is 19.2. The second-order valence-corrected chi connectivity index (χ2v) is 11.6. The molecule has 204 valence electrons. The minimum Gasteiger partial charge on any atom is -0.496 e. The van der Waals surface area contributed by atoms with E-state index in [-0.39, 0.29) is 34.6 Å². The zero-order valence-electron chi connectivity index (χ0n) is 20.7. The molecule has 2 aromatic heterocycles. The molecule has 0 bridgehead atoms. The van der Waals surface area contributed by atoms with Crippen molar-refractivity contribution < 1.29 is 36.2 Å². The minimum atomic E-state index is -3.13. The van der Waals surface area contributed by atoms with Crippen LogP contribution in [0.4, 0.5) is 8.78 Å². The summed E-state index contributed by atoms with van der Waals surface area (Å²) in [5.74, 6) is 0.209. The second-order valence-electron chi connectivity index (χ2n) is 9.25. The average molecular weight is 551 g/mol. The molecule has 38 heavy (non-hydrogen) atoms. The van der Waals surface area contributed by atoms with Crippen molar-refractivity contribution in [3.63, 3.8) is 0 Å². The number of hydrogen-bond donors (Lipinski definition) is 1. The summed E-state index contributed by atoms with van der Waals surface area (Å²) in [7, 11) is -1.57. The van der Waals surface area contributed by atoms with Gasteiger partial charge in [-0.05, 0) is 31.0 Å². The number of pyridine rings is 1. The molecule has 1 N–H and O–H groups in total. The van der Waals surface area contributed by atoms with Gasteiger partial charge in [-0.3, -0.25) is 14.1 Å². The number of benzene rings is 1. The number of fused-ring (bicyclic) bond motifs is 1. The number of nitrogens with one attached hydrogen (secondary N) is 1. The predicted octanol–water partition coefficient (Wildman–Crippen LogP) is 2.61. The number of imidazole rings is 1. The lowest BCUT2D eigenvalue weighted by Crippen LogP contribution is -2.42. The lowest BCUT2D eigenvalue weighted by Gasteiger charge is -2.26. The Morgan fingerprint density at radius 3 is 2.61 bits per heavy atom. The van der Waals surface area contributed by atoms with Crippen molar-refractivity contribution in [3.05, 3.63) is 42.2 Å². The maximum absolute atomic E-state index is 13.2. The number of halogens is 2. The van der Waals surface area contributed by atoms with E-state index in [0.29, 0.717) is 48.9 Å². The molecule has 0 unspecified atom stereocenters. The molecule has 5 rings (SSSR count). The highest BCUT2D eigenvalue weighted by Gasteiger charge is 2.29. The van der Waals surface area contributed by atoms with Gasteiger partial charge in [0.2, 0.25) is 0 Å². The third-order valence-electron chi connectivity index (χ3n) is 6.54. The molecule has 1 saturated carbocycles. The molecule has 0 atom stereocenters. The standard InChI is InChI=1S/C25H28F2N4O6S/c1-35-20-12-16(13-21(37-25(26)27)23(20)24(32)29-17-2-3-17)19-15-28-22-14-18(4-5-31(19)22)36-9-6-30-7-10-38(33,34)11-8-30/h4-5,12-15,17,25H,2-3,6-11H2,1H3,(H,29,32). The molecular weight excluding hydrogens is 522 g/mol. The van der Waals surface area contributed by atoms with E-state index in [4.69, 9.17) is 14.2 Å². The number of carbonyl (C=O) groups is 1. The second kappa shape index (κ2) is 10.7. The predicted molar refractivity (Wildman–Crippen MR) is 135 cm³/mol. The quantitative estimate of drug-likeness (QED) is 0.410. The number of hydrogen-bond acceptors (Lipinski definition) is 8. The molecule has 2 aliphatic rings. The molecule has 3 heterocycles. The van der Waals surface area contributed by atoms with E-state index in [9.17, 15) is 22.0 Å². The summed E-state index contributed by atoms with van der Waals surface area (Å²) in [6, 6.07) is 6.49. The number of sulfone groups is 1. The van der Waals surface area contributed by atoms with Crippen molar-refractivity contribution in [2.45, 2.75) is 25.5 Å². The third kappa shape index (κ3) is 5.99. The largest absolute Gasteiger partial charge is 0.496 e. The first-order valence-corrected chi connectivity index (χ1v) is 14.1. The zero-order chi connectivity index (χ0) is 26.9. The first-order valence-electron chi connectivity index (χ1n) is 12.2. The fourth-order valence-corrected chi connectivity index (χ4v) is 5.61. The lowest BCUT2D eigenvalue weighted by atomic mass is 10.1. The number of alkyl halides is 2. The van der Waals surface area contributed by atoms with Gasteiger partial charge in [0.15, 0.2) is 9.84 Å². The Hall–Kier alpha value is -3.45. The van der Waals surface area contributed by atoms with Crippen molar-refractivity contribution in [1.29, 1.82) is 0 Å². The molecular formula is C25H28F2N4O6S. The summed E-state index contributed by atoms with van der Waals surface area (Å²) in [6.45, 7) is -1.14. The SMILES string of the molecule is COc1cc(-c2cnc3cc(OCCN4CCS(=O)(=O)CC4)ccn23)cc(OC(F)F)c1C(=O)NC1CC1. The fraction of sp³-hybridized carbons (Fsp3) is 0.440. The molecule has 2 fully saturated rings. The van der Waals surface area contributed by atoms with E-state index < -0.39 is 22.4 Å². The molecule has 3 aromatic rings. The van der Waals surface area contributed by atoms with Gasteiger partial charge >= 0.3 is 6.61 Å². The number of rotatable bonds is 10. The van der Waals surface area contributed by atoms with Gasteiger partial charge in [-0.2, -0.15) is 8.78 Å². The summed E-state index contributed by atoms with van der Waals surface area (Å²) in [5.41, 5.74) is 1.53. The molecule has 10 nitrogen and oxygen atoms in total. The number of amides is 1. The molecule has 13 heteroatoms. The number of aromatic nitrogens is 2. The summed E-state index contributed by atoms with van der Waals surface area (Å²) in [6.07, 6.45) is 5.01. The normalized spacial score (nSPS) is 17.5. The van der Waals surface area contributed by atoms with Gasteiger partial charge < -0.3 is 19.5 Å². The minimum absolute atomic E-state index is 0.0254. The maximum Gasteiger partial charge on any atom is 0.387 e. The van der Waals surface area contributed by atoms with E-state index in [1.165, 1.54) is 13.2 Å². The highest BCUT2D eigenvalue weighted by Crippen LogP contribution is 2.37. The van der Waals surface area contributed by atoms with Crippen LogP contribution in [-0.4, -0.2) is 86.1 Å². The Labute approximate surface area is 218 Å². The van der Waals surface area contributed by atoms with Gasteiger partial charge in [-0.15, -0.1) is 0 Å². The van der Waals surface area contributed by atoms with Gasteiger partial charge in [-0.25, -0.2) is 13.4 Å². The number of carbonyl (C=O) groups excluding carboxylic acids is 1. The Bertz CT molecular complexity index is 1430. The zero-order valence-corrected chi connectivity index (χ0v) is 21.5. The van der Waals surface area contributed by atoms with E-state index >= 15 is 0 Å². The Kier molecular flexibility index (Phi) is 7.39. The summed E-state index contributed by atoms with van der Waals surface area (Å²) >= 11 is 0. The molecule has 1 amide bonds. The van der Waals surface area contributed by atoms with Crippen molar-refractivity contribution in [1.82, 2.24) is 19.6 Å². The third-order valence-corrected chi connectivity index (χ3v) is 8.14. The molecule has 1 aliphatic heterocycles. The topological polar surface area (TPSA) is 111 Å². The fourth-order valence-electron chi connectivity index (χ4n) is 4.33. The van der Waals surface area contributed by atoms with E-state index in [0.717, 1.165) is 12.8 Å². The van der Waals surface area contributed by atoms with E-state index in [2.05, 4.69) is 10.3 Å². The van der Waals surface area contributed by atoms with Crippen LogP contribution >= 0.6 is 0 Å². The van der Waals surface area contributed by atoms with E-state index in [1.54, 1.807) is 35.0 Å². The highest BCUT2D eigenvalue weighted by atomic mass is 32.2. The number of methoxy groups -OCH3 is 1. The number of ether oxygens (including phenoxy) is 3. The Balaban J connectivity index is 1.35. The molecule has 1 aliphatic carbocycles. The first kappa shape index (κ1) is 26.2. The van der Waals surface area contributed by atoms with Crippen LogP contribution in [0.3, 0.4) is 0 Å². The van der Waals surface area contributed by atoms with Crippen LogP contribution in [0.25, 0.3) is 16.9 Å². The maximum atomic E-state index is 13.2. The molecule has 0 spiro atoms. The van der Waals surface area contributed by atoms with Crippen molar-refractivity contribution in [2.24, 2.45) is 0 Å². The van der Waals surface area contributed by atoms with Gasteiger partial charge in [0.05, 0.1) is 30.5 Å². The van der Waals surface area contributed by atoms with Crippen molar-refractivity contribution >= 4 is 21.4 Å². The highest BCUT2D eigenvalue weighted by molar-refractivity contribution is 7.91. The van der Waals surface area contributed by atoms with E-state index in [1.807, 2.05) is 4.90 Å². The van der Waals surface area contributed by atoms with Crippen LogP contribution in [0.5, 0.6) is 17.2 Å². The van der Waals surface area contributed by atoms with Crippen LogP contribution < -0.4 is 19.5 Å². The Morgan fingerprint density at radius 2 is 1.92 bits per heavy atom. The van der Waals surface area contributed by atoms with Crippen LogP contribution in [0.1, 0.15) is 23.2 Å². The number of nitrogens with zero attached hydrogens (tertiary/aromatic N) is 3. The lowest BCUT2D eigenvalue weighted by molar-refractivity contribution is -0.0502. The van der Waals surface area contributed by atoms with Crippen molar-refractivity contribution in [2.75, 3.05) is 44.9 Å². The smallest absolute Gasteiger partial charge is 0.387 e. The Morgan fingerprint density at radius 1 is 1.18 bits per heavy atom. The monoisotopic (exact) mass is 550 g/mol. The average Bonchev–Trinajstić information content (AvgIpc) is 3.59. The van der Waals surface area contributed by atoms with Crippen LogP contribution in [-0.2, 0) is 9.84 Å². The van der Waals surface area contributed by atoms with Gasteiger partial charge in [0.1, 0.15) is 35.1 Å². The van der Waals surface area contributed by atoms with Crippen LogP contribution in [0.2, 0.25) is 0 Å². The molecule has 1 aromatic carbocycles. The van der Waals surface area contributed by atoms with Crippen LogP contribution in [0.15, 0.2) is 36.7 Å². The molecule has 1 saturated heterocycles. The van der Waals surface area contributed by atoms with Gasteiger partial charge in [0, 0.05) is 43.5 Å². The first-order chi connectivity index (χ1) is 18.2. The van der Waals surface area contributed by atoms with Gasteiger partial charge in [0.25, 0.3) is 5.91 Å². The van der Waals surface area contributed by atoms with Crippen LogP contribution in [0, 0.1) is 0 Å².